The monoisotopic (exact) mass is 291 g/mol. The van der Waals surface area contributed by atoms with Gasteiger partial charge in [-0.3, -0.25) is 0 Å². The van der Waals surface area contributed by atoms with Gasteiger partial charge in [-0.15, -0.1) is 0 Å². The number of ether oxygens (including phenoxy) is 1. The number of H-pyrrole nitrogens is 1. The molecule has 0 radical (unpaired) electrons. The molecule has 0 aliphatic rings. The first kappa shape index (κ1) is 12.5. The lowest BCUT2D eigenvalue weighted by Crippen LogP contribution is -2.13. The summed E-state index contributed by atoms with van der Waals surface area (Å²) in [5.74, 6) is 1.18. The van der Waals surface area contributed by atoms with Crippen LogP contribution in [0.15, 0.2) is 29.1 Å². The smallest absolute Gasteiger partial charge is 0.349 e. The molecule has 3 aromatic rings. The molecule has 0 saturated heterocycles. The zero-order valence-corrected chi connectivity index (χ0v) is 11.2. The van der Waals surface area contributed by atoms with E-state index in [1.807, 2.05) is 0 Å². The molecule has 0 bridgehead atoms. The maximum absolute atomic E-state index is 11.5. The Morgan fingerprint density at radius 2 is 2.20 bits per heavy atom. The molecule has 1 aromatic carbocycles. The van der Waals surface area contributed by atoms with Crippen LogP contribution in [0.5, 0.6) is 11.6 Å². The second-order valence-electron chi connectivity index (χ2n) is 4.16. The minimum atomic E-state index is -0.345. The van der Waals surface area contributed by atoms with Crippen LogP contribution in [0.1, 0.15) is 5.82 Å². The first-order chi connectivity index (χ1) is 9.54. The van der Waals surface area contributed by atoms with Gasteiger partial charge in [0.25, 0.3) is 0 Å². The number of nitrogens with two attached hydrogens (primary N) is 1. The first-order valence-electron chi connectivity index (χ1n) is 5.72. The molecule has 8 heteroatoms. The molecule has 20 heavy (non-hydrogen) atoms. The zero-order valence-electron chi connectivity index (χ0n) is 10.4. The average molecular weight is 292 g/mol. The summed E-state index contributed by atoms with van der Waals surface area (Å²) < 4.78 is 6.94. The van der Waals surface area contributed by atoms with Crippen molar-refractivity contribution >= 4 is 22.9 Å². The van der Waals surface area contributed by atoms with Crippen LogP contribution in [-0.2, 0) is 0 Å². The number of aromatic nitrogens is 4. The molecule has 3 N–H and O–H groups in total. The van der Waals surface area contributed by atoms with Crippen LogP contribution in [0.3, 0.4) is 0 Å². The maximum atomic E-state index is 11.5. The van der Waals surface area contributed by atoms with Crippen molar-refractivity contribution < 1.29 is 4.74 Å². The summed E-state index contributed by atoms with van der Waals surface area (Å²) in [4.78, 5) is 15.7. The minimum Gasteiger partial charge on any atom is -0.437 e. The van der Waals surface area contributed by atoms with Crippen LogP contribution in [0, 0.1) is 6.92 Å². The summed E-state index contributed by atoms with van der Waals surface area (Å²) >= 11 is 6.03. The number of halogens is 1. The third-order valence-electron chi connectivity index (χ3n) is 2.72. The van der Waals surface area contributed by atoms with E-state index >= 15 is 0 Å². The molecule has 0 atom stereocenters. The van der Waals surface area contributed by atoms with Crippen LogP contribution in [0.25, 0.3) is 5.65 Å². The van der Waals surface area contributed by atoms with E-state index in [-0.39, 0.29) is 5.69 Å². The van der Waals surface area contributed by atoms with E-state index in [9.17, 15) is 4.79 Å². The van der Waals surface area contributed by atoms with Gasteiger partial charge in [-0.25, -0.2) is 14.3 Å². The van der Waals surface area contributed by atoms with E-state index in [0.29, 0.717) is 33.8 Å². The molecule has 102 valence electrons. The lowest BCUT2D eigenvalue weighted by atomic mass is 10.3. The van der Waals surface area contributed by atoms with E-state index < -0.39 is 0 Å². The number of benzene rings is 1. The van der Waals surface area contributed by atoms with E-state index in [2.05, 4.69) is 15.2 Å². The molecule has 7 nitrogen and oxygen atoms in total. The number of hydrogen-bond donors (Lipinski definition) is 2. The van der Waals surface area contributed by atoms with Gasteiger partial charge in [0, 0.05) is 11.8 Å². The first-order valence-corrected chi connectivity index (χ1v) is 6.10. The van der Waals surface area contributed by atoms with Crippen LogP contribution in [0.4, 0.5) is 5.69 Å². The van der Waals surface area contributed by atoms with E-state index in [4.69, 9.17) is 22.1 Å². The van der Waals surface area contributed by atoms with Gasteiger partial charge in [-0.05, 0) is 25.1 Å². The normalized spacial score (nSPS) is 10.9. The molecular weight excluding hydrogens is 282 g/mol. The number of nitrogens with one attached hydrogen (secondary N) is 1. The Morgan fingerprint density at radius 3 is 2.95 bits per heavy atom. The number of rotatable bonds is 2. The lowest BCUT2D eigenvalue weighted by molar-refractivity contribution is 0.460. The Hall–Kier alpha value is -2.54. The van der Waals surface area contributed by atoms with Gasteiger partial charge in [0.2, 0.25) is 5.88 Å². The van der Waals surface area contributed by atoms with Crippen molar-refractivity contribution in [3.8, 4) is 11.6 Å². The summed E-state index contributed by atoms with van der Waals surface area (Å²) in [5.41, 5.74) is 6.23. The fraction of sp³-hybridized carbons (Fsp3) is 0.0833. The van der Waals surface area contributed by atoms with E-state index in [0.717, 1.165) is 0 Å². The summed E-state index contributed by atoms with van der Waals surface area (Å²) in [6, 6.07) is 6.44. The zero-order chi connectivity index (χ0) is 14.3. The number of nitrogens with zero attached hydrogens (tertiary/aromatic N) is 3. The Morgan fingerprint density at radius 1 is 1.40 bits per heavy atom. The second-order valence-corrected chi connectivity index (χ2v) is 4.56. The number of hydrogen-bond acceptors (Lipinski definition) is 5. The van der Waals surface area contributed by atoms with Gasteiger partial charge in [0.1, 0.15) is 11.6 Å². The van der Waals surface area contributed by atoms with Crippen molar-refractivity contribution in [3.05, 3.63) is 45.6 Å². The highest BCUT2D eigenvalue weighted by Gasteiger charge is 2.10. The summed E-state index contributed by atoms with van der Waals surface area (Å²) in [6.45, 7) is 1.68. The Labute approximate surface area is 118 Å². The standard InChI is InChI=1S/C12H10ClN5O2/c1-6-15-11(5-10-16-17-12(19)18(6)10)20-9-3-2-7(14)4-8(9)13/h2-5H,14H2,1H3,(H,17,19). The molecule has 2 heterocycles. The predicted molar refractivity (Wildman–Crippen MR) is 74.3 cm³/mol. The molecule has 0 aliphatic carbocycles. The van der Waals surface area contributed by atoms with Gasteiger partial charge >= 0.3 is 5.69 Å². The fourth-order valence-electron chi connectivity index (χ4n) is 1.84. The molecule has 0 aliphatic heterocycles. The van der Waals surface area contributed by atoms with Crippen molar-refractivity contribution in [1.29, 1.82) is 0 Å². The topological polar surface area (TPSA) is 98.3 Å². The fourth-order valence-corrected chi connectivity index (χ4v) is 2.06. The number of nitrogen functional groups attached to an aromatic ring is 1. The van der Waals surface area contributed by atoms with Crippen molar-refractivity contribution in [3.63, 3.8) is 0 Å². The van der Waals surface area contributed by atoms with Gasteiger partial charge in [-0.2, -0.15) is 10.1 Å². The molecular formula is C12H10ClN5O2. The van der Waals surface area contributed by atoms with Crippen LogP contribution in [-0.4, -0.2) is 19.6 Å². The van der Waals surface area contributed by atoms with Crippen molar-refractivity contribution in [2.45, 2.75) is 6.92 Å². The highest BCUT2D eigenvalue weighted by Crippen LogP contribution is 2.30. The van der Waals surface area contributed by atoms with Crippen LogP contribution < -0.4 is 16.2 Å². The largest absolute Gasteiger partial charge is 0.437 e. The molecule has 0 unspecified atom stereocenters. The minimum absolute atomic E-state index is 0.292. The molecule has 2 aromatic heterocycles. The van der Waals surface area contributed by atoms with E-state index in [1.54, 1.807) is 25.1 Å². The molecule has 0 spiro atoms. The Balaban J connectivity index is 2.04. The molecule has 0 fully saturated rings. The van der Waals surface area contributed by atoms with Gasteiger partial charge in [-0.1, -0.05) is 11.6 Å². The van der Waals surface area contributed by atoms with Gasteiger partial charge in [0.05, 0.1) is 5.02 Å². The molecule has 0 saturated carbocycles. The van der Waals surface area contributed by atoms with Gasteiger partial charge in [0.15, 0.2) is 5.65 Å². The van der Waals surface area contributed by atoms with Crippen molar-refractivity contribution in [2.75, 3.05) is 5.73 Å². The second kappa shape index (κ2) is 4.53. The Bertz CT molecular complexity index is 855. The number of aromatic amines is 1. The van der Waals surface area contributed by atoms with Gasteiger partial charge < -0.3 is 10.5 Å². The van der Waals surface area contributed by atoms with Crippen LogP contribution >= 0.6 is 11.6 Å². The summed E-state index contributed by atoms with van der Waals surface area (Å²) in [6.07, 6.45) is 0. The van der Waals surface area contributed by atoms with Crippen molar-refractivity contribution in [2.24, 2.45) is 0 Å². The Kier molecular flexibility index (Phi) is 2.83. The average Bonchev–Trinajstić information content (AvgIpc) is 2.75. The highest BCUT2D eigenvalue weighted by atomic mass is 35.5. The third-order valence-corrected chi connectivity index (χ3v) is 3.01. The third kappa shape index (κ3) is 2.08. The summed E-state index contributed by atoms with van der Waals surface area (Å²) in [7, 11) is 0. The van der Waals surface area contributed by atoms with E-state index in [1.165, 1.54) is 10.5 Å². The quantitative estimate of drug-likeness (QED) is 0.701. The number of anilines is 1. The SMILES string of the molecule is Cc1nc(Oc2ccc(N)cc2Cl)cc2n[nH]c(=O)n12. The van der Waals surface area contributed by atoms with Crippen molar-refractivity contribution in [1.82, 2.24) is 19.6 Å². The van der Waals surface area contributed by atoms with Crippen LogP contribution in [0.2, 0.25) is 5.02 Å². The lowest BCUT2D eigenvalue weighted by Gasteiger charge is -2.08. The predicted octanol–water partition coefficient (Wildman–Crippen LogP) is 1.75. The molecule has 3 rings (SSSR count). The number of aryl methyl sites for hydroxylation is 1. The molecule has 0 amide bonds. The highest BCUT2D eigenvalue weighted by molar-refractivity contribution is 6.32. The summed E-state index contributed by atoms with van der Waals surface area (Å²) in [5, 5.41) is 6.60. The number of fused-ring (bicyclic) bond motifs is 1. The maximum Gasteiger partial charge on any atom is 0.349 e.